The number of rotatable bonds is 4. The zero-order chi connectivity index (χ0) is 14.0. The lowest BCUT2D eigenvalue weighted by molar-refractivity contribution is 0.0996. The van der Waals surface area contributed by atoms with Crippen molar-refractivity contribution in [1.82, 2.24) is 0 Å². The summed E-state index contributed by atoms with van der Waals surface area (Å²) in [7, 11) is -1.89. The number of benzene rings is 1. The minimum absolute atomic E-state index is 0.0498. The van der Waals surface area contributed by atoms with E-state index in [4.69, 9.17) is 4.43 Å². The van der Waals surface area contributed by atoms with Crippen molar-refractivity contribution in [2.75, 3.05) is 0 Å². The van der Waals surface area contributed by atoms with Gasteiger partial charge in [0, 0.05) is 11.1 Å². The first-order chi connectivity index (χ1) is 8.19. The molecule has 0 aliphatic heterocycles. The van der Waals surface area contributed by atoms with E-state index >= 15 is 0 Å². The molecule has 1 aromatic rings. The average Bonchev–Trinajstić information content (AvgIpc) is 2.26. The molecule has 0 unspecified atom stereocenters. The molecule has 0 fully saturated rings. The van der Waals surface area contributed by atoms with Crippen molar-refractivity contribution in [3.8, 4) is 6.07 Å². The number of carbonyl (C=O) groups is 1. The maximum absolute atomic E-state index is 11.6. The van der Waals surface area contributed by atoms with Gasteiger partial charge in [0.15, 0.2) is 19.7 Å². The molecule has 0 radical (unpaired) electrons. The molecule has 0 spiro atoms. The molecular formula is C14H19NO2Si. The van der Waals surface area contributed by atoms with Crippen molar-refractivity contribution in [3.05, 3.63) is 35.4 Å². The molecule has 18 heavy (non-hydrogen) atoms. The van der Waals surface area contributed by atoms with Gasteiger partial charge in [0.1, 0.15) is 6.07 Å². The van der Waals surface area contributed by atoms with E-state index in [0.29, 0.717) is 11.1 Å². The second kappa shape index (κ2) is 5.05. The minimum Gasteiger partial charge on any atom is -0.397 e. The van der Waals surface area contributed by atoms with E-state index in [0.717, 1.165) is 0 Å². The summed E-state index contributed by atoms with van der Waals surface area (Å²) in [4.78, 5) is 11.6. The molecule has 0 amide bonds. The van der Waals surface area contributed by atoms with Gasteiger partial charge < -0.3 is 4.43 Å². The van der Waals surface area contributed by atoms with Crippen LogP contribution >= 0.6 is 0 Å². The van der Waals surface area contributed by atoms with Crippen molar-refractivity contribution >= 4 is 14.1 Å². The van der Waals surface area contributed by atoms with Crippen LogP contribution in [-0.2, 0) is 10.0 Å². The zero-order valence-electron chi connectivity index (χ0n) is 11.6. The summed E-state index contributed by atoms with van der Waals surface area (Å²) >= 11 is 0. The summed E-state index contributed by atoms with van der Waals surface area (Å²) < 4.78 is 5.98. The Bertz CT molecular complexity index is 499. The third kappa shape index (κ3) is 3.28. The quantitative estimate of drug-likeness (QED) is 0.616. The fourth-order valence-electron chi connectivity index (χ4n) is 1.96. The predicted molar refractivity (Wildman–Crippen MR) is 73.8 cm³/mol. The second-order valence-electron chi connectivity index (χ2n) is 5.46. The Labute approximate surface area is 110 Å². The van der Waals surface area contributed by atoms with Crippen LogP contribution in [0.5, 0.6) is 0 Å². The van der Waals surface area contributed by atoms with Gasteiger partial charge in [-0.05, 0) is 33.5 Å². The van der Waals surface area contributed by atoms with Gasteiger partial charge in [-0.2, -0.15) is 5.26 Å². The largest absolute Gasteiger partial charge is 0.397 e. The highest BCUT2D eigenvalue weighted by Crippen LogP contribution is 2.31. The van der Waals surface area contributed by atoms with Crippen LogP contribution in [0.3, 0.4) is 0 Å². The molecule has 1 aromatic carbocycles. The van der Waals surface area contributed by atoms with E-state index in [2.05, 4.69) is 6.07 Å². The third-order valence-electron chi connectivity index (χ3n) is 2.54. The highest BCUT2D eigenvalue weighted by Gasteiger charge is 2.35. The third-order valence-corrected chi connectivity index (χ3v) is 3.56. The van der Waals surface area contributed by atoms with Gasteiger partial charge >= 0.3 is 0 Å². The van der Waals surface area contributed by atoms with E-state index in [-0.39, 0.29) is 5.78 Å². The first-order valence-electron chi connectivity index (χ1n) is 5.91. The Hall–Kier alpha value is -1.44. The minimum atomic E-state index is -1.89. The molecule has 0 N–H and O–H groups in total. The number of hydrogen-bond acceptors (Lipinski definition) is 3. The molecule has 0 aliphatic carbocycles. The monoisotopic (exact) mass is 261 g/mol. The molecule has 3 nitrogen and oxygen atoms in total. The molecule has 4 heteroatoms. The van der Waals surface area contributed by atoms with Crippen LogP contribution in [0.25, 0.3) is 0 Å². The maximum atomic E-state index is 11.6. The van der Waals surface area contributed by atoms with Gasteiger partial charge in [-0.25, -0.2) is 0 Å². The highest BCUT2D eigenvalue weighted by molar-refractivity contribution is 6.69. The Kier molecular flexibility index (Phi) is 4.10. The molecule has 96 valence electrons. The molecule has 0 heterocycles. The summed E-state index contributed by atoms with van der Waals surface area (Å²) in [6, 6.07) is 9.36. The van der Waals surface area contributed by atoms with Crippen LogP contribution < -0.4 is 0 Å². The number of nitriles is 1. The Morgan fingerprint density at radius 2 is 1.89 bits per heavy atom. The van der Waals surface area contributed by atoms with Gasteiger partial charge in [-0.15, -0.1) is 0 Å². The van der Waals surface area contributed by atoms with Crippen LogP contribution in [-0.4, -0.2) is 14.1 Å². The number of hydrogen-bond donors (Lipinski definition) is 0. The first kappa shape index (κ1) is 14.6. The number of nitrogens with zero attached hydrogens (tertiary/aromatic N) is 1. The van der Waals surface area contributed by atoms with Crippen molar-refractivity contribution in [1.29, 1.82) is 5.26 Å². The fraction of sp³-hybridized carbons (Fsp3) is 0.429. The highest BCUT2D eigenvalue weighted by atomic mass is 28.4. The number of Topliss-reactive ketones (excluding diaryl/α,β-unsaturated/α-hetero) is 1. The number of carbonyl (C=O) groups excluding carboxylic acids is 1. The molecule has 0 saturated heterocycles. The summed E-state index contributed by atoms with van der Waals surface area (Å²) in [6.45, 7) is 9.31. The lowest BCUT2D eigenvalue weighted by Crippen LogP contribution is -2.38. The van der Waals surface area contributed by atoms with Crippen LogP contribution in [0.4, 0.5) is 0 Å². The Balaban J connectivity index is 3.34. The standard InChI is InChI=1S/C14H19NO2Si/c1-11(16)12-8-6-7-9-13(12)14(2,10-15)17-18(3,4)5/h6-9H,1-5H3/t14-/m1/s1. The average molecular weight is 261 g/mol. The van der Waals surface area contributed by atoms with E-state index in [1.807, 2.05) is 25.7 Å². The fourth-order valence-corrected chi connectivity index (χ4v) is 3.34. The summed E-state index contributed by atoms with van der Waals surface area (Å²) in [5.74, 6) is -0.0498. The zero-order valence-corrected chi connectivity index (χ0v) is 12.6. The van der Waals surface area contributed by atoms with Crippen LogP contribution in [0, 0.1) is 11.3 Å². The predicted octanol–water partition coefficient (Wildman–Crippen LogP) is 3.48. The van der Waals surface area contributed by atoms with Crippen molar-refractivity contribution in [2.45, 2.75) is 39.1 Å². The molecule has 0 saturated carbocycles. The van der Waals surface area contributed by atoms with Crippen molar-refractivity contribution < 1.29 is 9.22 Å². The smallest absolute Gasteiger partial charge is 0.186 e. The topological polar surface area (TPSA) is 50.1 Å². The molecule has 1 rings (SSSR count). The van der Waals surface area contributed by atoms with Gasteiger partial charge in [-0.1, -0.05) is 24.3 Å². The molecule has 0 aromatic heterocycles. The SMILES string of the molecule is CC(=O)c1ccccc1[C@@](C)(C#N)O[Si](C)(C)C. The molecule has 0 bridgehead atoms. The van der Waals surface area contributed by atoms with Gasteiger partial charge in [0.2, 0.25) is 0 Å². The van der Waals surface area contributed by atoms with Gasteiger partial charge in [0.25, 0.3) is 0 Å². The van der Waals surface area contributed by atoms with Crippen LogP contribution in [0.15, 0.2) is 24.3 Å². The molecule has 0 aliphatic rings. The van der Waals surface area contributed by atoms with Crippen molar-refractivity contribution in [3.63, 3.8) is 0 Å². The van der Waals surface area contributed by atoms with E-state index in [1.165, 1.54) is 6.92 Å². The van der Waals surface area contributed by atoms with E-state index < -0.39 is 13.9 Å². The number of ketones is 1. The summed E-state index contributed by atoms with van der Waals surface area (Å²) in [5, 5.41) is 9.44. The van der Waals surface area contributed by atoms with Crippen LogP contribution in [0.1, 0.15) is 29.8 Å². The summed E-state index contributed by atoms with van der Waals surface area (Å²) in [6.07, 6.45) is 0. The lowest BCUT2D eigenvalue weighted by Gasteiger charge is -2.31. The maximum Gasteiger partial charge on any atom is 0.186 e. The Morgan fingerprint density at radius 1 is 1.33 bits per heavy atom. The van der Waals surface area contributed by atoms with Gasteiger partial charge in [-0.3, -0.25) is 4.79 Å². The first-order valence-corrected chi connectivity index (χ1v) is 9.32. The van der Waals surface area contributed by atoms with E-state index in [9.17, 15) is 10.1 Å². The van der Waals surface area contributed by atoms with Crippen LogP contribution in [0.2, 0.25) is 19.6 Å². The Morgan fingerprint density at radius 3 is 2.33 bits per heavy atom. The second-order valence-corrected chi connectivity index (χ2v) is 9.89. The lowest BCUT2D eigenvalue weighted by atomic mass is 9.91. The molecular weight excluding hydrogens is 242 g/mol. The summed E-state index contributed by atoms with van der Waals surface area (Å²) in [5.41, 5.74) is 0.148. The van der Waals surface area contributed by atoms with E-state index in [1.54, 1.807) is 25.1 Å². The van der Waals surface area contributed by atoms with Crippen molar-refractivity contribution in [2.24, 2.45) is 0 Å². The normalized spacial score (nSPS) is 14.7. The van der Waals surface area contributed by atoms with Gasteiger partial charge in [0.05, 0.1) is 0 Å². The molecule has 1 atom stereocenters.